The summed E-state index contributed by atoms with van der Waals surface area (Å²) in [7, 11) is 1.52. The molecule has 6 heteroatoms. The molecule has 0 radical (unpaired) electrons. The molecule has 1 aliphatic rings. The van der Waals surface area contributed by atoms with E-state index in [1.807, 2.05) is 0 Å². The molecule has 0 aliphatic carbocycles. The third-order valence-electron chi connectivity index (χ3n) is 3.41. The standard InChI is InChI=1S/C18H13NO5/c1-23-15-5-3-2-4-13(15)16-19-14(18(22)24-16)10-11-6-8-12(9-7-11)17(20)21/h2-10H,1H3,(H,20,21)/p-1. The van der Waals surface area contributed by atoms with Crippen LogP contribution in [0.2, 0.25) is 0 Å². The number of hydrogen-bond donors (Lipinski definition) is 0. The van der Waals surface area contributed by atoms with E-state index in [2.05, 4.69) is 4.99 Å². The zero-order chi connectivity index (χ0) is 17.1. The van der Waals surface area contributed by atoms with Crippen molar-refractivity contribution >= 4 is 23.9 Å². The fraction of sp³-hybridized carbons (Fsp3) is 0.0556. The van der Waals surface area contributed by atoms with Crippen LogP contribution in [0.5, 0.6) is 5.75 Å². The summed E-state index contributed by atoms with van der Waals surface area (Å²) in [6.45, 7) is 0. The Labute approximate surface area is 137 Å². The lowest BCUT2D eigenvalue weighted by Gasteiger charge is -2.05. The van der Waals surface area contributed by atoms with Crippen LogP contribution in [0, 0.1) is 0 Å². The summed E-state index contributed by atoms with van der Waals surface area (Å²) in [5.41, 5.74) is 1.38. The number of aromatic carboxylic acids is 1. The van der Waals surface area contributed by atoms with Gasteiger partial charge in [0.15, 0.2) is 5.70 Å². The van der Waals surface area contributed by atoms with Crippen LogP contribution in [-0.4, -0.2) is 24.9 Å². The van der Waals surface area contributed by atoms with Crippen LogP contribution in [0.25, 0.3) is 6.08 Å². The minimum Gasteiger partial charge on any atom is -0.545 e. The summed E-state index contributed by atoms with van der Waals surface area (Å²) >= 11 is 0. The quantitative estimate of drug-likeness (QED) is 0.627. The Bertz CT molecular complexity index is 865. The zero-order valence-corrected chi connectivity index (χ0v) is 12.7. The van der Waals surface area contributed by atoms with Crippen molar-refractivity contribution in [1.29, 1.82) is 0 Å². The van der Waals surface area contributed by atoms with E-state index in [1.54, 1.807) is 36.4 Å². The highest BCUT2D eigenvalue weighted by atomic mass is 16.6. The highest BCUT2D eigenvalue weighted by molar-refractivity contribution is 6.13. The van der Waals surface area contributed by atoms with E-state index in [0.29, 0.717) is 16.9 Å². The van der Waals surface area contributed by atoms with Crippen LogP contribution in [0.1, 0.15) is 21.5 Å². The Morgan fingerprint density at radius 2 is 1.88 bits per heavy atom. The number of ether oxygens (including phenoxy) is 2. The van der Waals surface area contributed by atoms with Crippen LogP contribution in [0.3, 0.4) is 0 Å². The number of carbonyl (C=O) groups is 2. The Balaban J connectivity index is 1.92. The Morgan fingerprint density at radius 3 is 2.54 bits per heavy atom. The lowest BCUT2D eigenvalue weighted by atomic mass is 10.1. The van der Waals surface area contributed by atoms with Crippen molar-refractivity contribution in [2.24, 2.45) is 4.99 Å². The molecule has 1 heterocycles. The van der Waals surface area contributed by atoms with Crippen molar-refractivity contribution in [2.75, 3.05) is 7.11 Å². The minimum atomic E-state index is -1.26. The van der Waals surface area contributed by atoms with Gasteiger partial charge >= 0.3 is 5.97 Å². The number of rotatable bonds is 4. The molecule has 0 unspecified atom stereocenters. The number of carboxylic acid groups (broad SMARTS) is 1. The summed E-state index contributed by atoms with van der Waals surface area (Å²) in [5, 5.41) is 10.7. The first-order chi connectivity index (χ1) is 11.6. The van der Waals surface area contributed by atoms with Crippen LogP contribution < -0.4 is 9.84 Å². The average Bonchev–Trinajstić information content (AvgIpc) is 2.96. The molecular weight excluding hydrogens is 310 g/mol. The molecule has 0 atom stereocenters. The first kappa shape index (κ1) is 15.5. The summed E-state index contributed by atoms with van der Waals surface area (Å²) in [6, 6.07) is 13.0. The molecule has 0 bridgehead atoms. The lowest BCUT2D eigenvalue weighted by Crippen LogP contribution is -2.21. The molecule has 120 valence electrons. The number of para-hydroxylation sites is 1. The number of aliphatic imine (C=N–C) groups is 1. The first-order valence-corrected chi connectivity index (χ1v) is 7.06. The van der Waals surface area contributed by atoms with Crippen molar-refractivity contribution in [2.45, 2.75) is 0 Å². The maximum atomic E-state index is 12.0. The molecule has 6 nitrogen and oxygen atoms in total. The van der Waals surface area contributed by atoms with Gasteiger partial charge in [-0.15, -0.1) is 0 Å². The van der Waals surface area contributed by atoms with Gasteiger partial charge in [-0.25, -0.2) is 9.79 Å². The van der Waals surface area contributed by atoms with Gasteiger partial charge in [-0.2, -0.15) is 0 Å². The molecular formula is C18H12NO5-. The fourth-order valence-corrected chi connectivity index (χ4v) is 2.22. The zero-order valence-electron chi connectivity index (χ0n) is 12.7. The van der Waals surface area contributed by atoms with Gasteiger partial charge in [-0.05, 0) is 29.3 Å². The van der Waals surface area contributed by atoms with Crippen molar-refractivity contribution in [1.82, 2.24) is 0 Å². The van der Waals surface area contributed by atoms with E-state index >= 15 is 0 Å². The number of carboxylic acids is 1. The number of esters is 1. The van der Waals surface area contributed by atoms with Gasteiger partial charge < -0.3 is 19.4 Å². The van der Waals surface area contributed by atoms with Crippen molar-refractivity contribution in [3.63, 3.8) is 0 Å². The topological polar surface area (TPSA) is 88.0 Å². The smallest absolute Gasteiger partial charge is 0.363 e. The fourth-order valence-electron chi connectivity index (χ4n) is 2.22. The number of benzene rings is 2. The molecule has 0 spiro atoms. The van der Waals surface area contributed by atoms with E-state index in [-0.39, 0.29) is 17.2 Å². The van der Waals surface area contributed by atoms with Gasteiger partial charge in [0.05, 0.1) is 18.6 Å². The Morgan fingerprint density at radius 1 is 1.17 bits per heavy atom. The van der Waals surface area contributed by atoms with Crippen LogP contribution in [0.4, 0.5) is 0 Å². The largest absolute Gasteiger partial charge is 0.545 e. The normalized spacial score (nSPS) is 15.1. The molecule has 24 heavy (non-hydrogen) atoms. The third-order valence-corrected chi connectivity index (χ3v) is 3.41. The molecule has 2 aromatic rings. The Kier molecular flexibility index (Phi) is 4.11. The molecule has 0 saturated heterocycles. The summed E-state index contributed by atoms with van der Waals surface area (Å²) in [6.07, 6.45) is 1.52. The maximum Gasteiger partial charge on any atom is 0.363 e. The summed E-state index contributed by atoms with van der Waals surface area (Å²) in [5.74, 6) is -1.13. The predicted octanol–water partition coefficient (Wildman–Crippen LogP) is 1.40. The van der Waals surface area contributed by atoms with Gasteiger partial charge in [0.1, 0.15) is 5.75 Å². The molecule has 0 amide bonds. The number of hydrogen-bond acceptors (Lipinski definition) is 6. The van der Waals surface area contributed by atoms with Gasteiger partial charge in [-0.3, -0.25) is 0 Å². The van der Waals surface area contributed by atoms with Gasteiger partial charge in [0.2, 0.25) is 5.90 Å². The van der Waals surface area contributed by atoms with Crippen LogP contribution >= 0.6 is 0 Å². The monoisotopic (exact) mass is 322 g/mol. The van der Waals surface area contributed by atoms with E-state index in [0.717, 1.165) is 0 Å². The van der Waals surface area contributed by atoms with Gasteiger partial charge in [-0.1, -0.05) is 36.4 Å². The second-order valence-corrected chi connectivity index (χ2v) is 4.95. The maximum absolute atomic E-state index is 12.0. The third kappa shape index (κ3) is 3.03. The summed E-state index contributed by atoms with van der Waals surface area (Å²) in [4.78, 5) is 26.9. The molecule has 2 aromatic carbocycles. The highest BCUT2D eigenvalue weighted by Crippen LogP contribution is 2.24. The number of carbonyl (C=O) groups excluding carboxylic acids is 2. The van der Waals surface area contributed by atoms with Crippen molar-refractivity contribution < 1.29 is 24.2 Å². The molecule has 3 rings (SSSR count). The second-order valence-electron chi connectivity index (χ2n) is 4.95. The van der Waals surface area contributed by atoms with E-state index in [1.165, 1.54) is 25.3 Å². The van der Waals surface area contributed by atoms with E-state index in [9.17, 15) is 14.7 Å². The highest BCUT2D eigenvalue weighted by Gasteiger charge is 2.26. The molecule has 0 N–H and O–H groups in total. The van der Waals surface area contributed by atoms with E-state index in [4.69, 9.17) is 9.47 Å². The number of nitrogens with zero attached hydrogens (tertiary/aromatic N) is 1. The number of cyclic esters (lactones) is 1. The van der Waals surface area contributed by atoms with E-state index < -0.39 is 11.9 Å². The van der Waals surface area contributed by atoms with Crippen molar-refractivity contribution in [3.05, 3.63) is 70.9 Å². The lowest BCUT2D eigenvalue weighted by molar-refractivity contribution is -0.255. The van der Waals surface area contributed by atoms with Crippen molar-refractivity contribution in [3.8, 4) is 5.75 Å². The average molecular weight is 322 g/mol. The SMILES string of the molecule is COc1ccccc1C1=NC(=Cc2ccc(C(=O)[O-])cc2)C(=O)O1. The van der Waals surface area contributed by atoms with Gasteiger partial charge in [0.25, 0.3) is 0 Å². The molecule has 0 aromatic heterocycles. The van der Waals surface area contributed by atoms with Gasteiger partial charge in [0, 0.05) is 0 Å². The first-order valence-electron chi connectivity index (χ1n) is 7.06. The minimum absolute atomic E-state index is 0.0596. The molecule has 0 saturated carbocycles. The molecule has 0 fully saturated rings. The summed E-state index contributed by atoms with van der Waals surface area (Å²) < 4.78 is 10.4. The van der Waals surface area contributed by atoms with Crippen LogP contribution in [0.15, 0.2) is 59.2 Å². The Hall–Kier alpha value is -3.41. The second kappa shape index (κ2) is 6.37. The van der Waals surface area contributed by atoms with Crippen LogP contribution in [-0.2, 0) is 9.53 Å². The molecule has 1 aliphatic heterocycles. The number of methoxy groups -OCH3 is 1. The predicted molar refractivity (Wildman–Crippen MR) is 84.4 cm³/mol.